The molecule has 3 heteroatoms. The monoisotopic (exact) mass is 296 g/mol. The Balaban J connectivity index is 2.04. The van der Waals surface area contributed by atoms with Crippen LogP contribution in [0.1, 0.15) is 38.2 Å². The highest BCUT2D eigenvalue weighted by molar-refractivity contribution is 5.55. The molecule has 0 N–H and O–H groups in total. The molecule has 0 saturated carbocycles. The van der Waals surface area contributed by atoms with Crippen molar-refractivity contribution in [2.45, 2.75) is 39.5 Å². The third kappa shape index (κ3) is 4.99. The Labute approximate surface area is 133 Å². The Morgan fingerprint density at radius 3 is 2.45 bits per heavy atom. The zero-order valence-corrected chi connectivity index (χ0v) is 13.5. The number of unbranched alkanes of at least 4 members (excludes halogenated alkanes) is 3. The molecule has 0 heterocycles. The summed E-state index contributed by atoms with van der Waals surface area (Å²) in [5.74, 6) is 0.846. The van der Waals surface area contributed by atoms with E-state index in [0.717, 1.165) is 35.7 Å². The summed E-state index contributed by atoms with van der Waals surface area (Å²) in [6.07, 6.45) is 4.79. The average Bonchev–Trinajstić information content (AvgIpc) is 2.55. The second-order valence-corrected chi connectivity index (χ2v) is 5.37. The largest absolute Gasteiger partial charge is 0.491 e. The van der Waals surface area contributed by atoms with E-state index in [0.29, 0.717) is 0 Å². The molecule has 0 aliphatic carbocycles. The number of rotatable bonds is 8. The van der Waals surface area contributed by atoms with Gasteiger partial charge < -0.3 is 4.74 Å². The van der Waals surface area contributed by atoms with Crippen LogP contribution in [-0.2, 0) is 0 Å². The molecule has 0 aliphatic heterocycles. The van der Waals surface area contributed by atoms with Gasteiger partial charge in [0.2, 0.25) is 0 Å². The predicted octanol–water partition coefficient (Wildman–Crippen LogP) is 6.37. The summed E-state index contributed by atoms with van der Waals surface area (Å²) >= 11 is 0. The normalized spacial score (nSPS) is 11.0. The molecule has 0 aliphatic rings. The molecule has 0 fully saturated rings. The molecule has 2 aromatic carbocycles. The number of azo groups is 1. The first kappa shape index (κ1) is 16.2. The summed E-state index contributed by atoms with van der Waals surface area (Å²) in [7, 11) is 0. The molecule has 0 aromatic heterocycles. The van der Waals surface area contributed by atoms with Gasteiger partial charge >= 0.3 is 0 Å². The highest BCUT2D eigenvalue weighted by Gasteiger charge is 2.06. The molecular formula is C19H24N2O. The number of hydrogen-bond donors (Lipinski definition) is 0. The quantitative estimate of drug-likeness (QED) is 0.411. The van der Waals surface area contributed by atoms with Crippen molar-refractivity contribution >= 4 is 11.4 Å². The lowest BCUT2D eigenvalue weighted by Crippen LogP contribution is -1.99. The van der Waals surface area contributed by atoms with Crippen LogP contribution in [0.25, 0.3) is 0 Å². The first-order valence-corrected chi connectivity index (χ1v) is 8.00. The molecule has 0 atom stereocenters. The van der Waals surface area contributed by atoms with Crippen LogP contribution in [0.3, 0.4) is 0 Å². The molecule has 116 valence electrons. The van der Waals surface area contributed by atoms with E-state index in [1.807, 2.05) is 55.5 Å². The summed E-state index contributed by atoms with van der Waals surface area (Å²) < 4.78 is 5.95. The fourth-order valence-electron chi connectivity index (χ4n) is 2.21. The summed E-state index contributed by atoms with van der Waals surface area (Å²) in [5.41, 5.74) is 2.73. The number of ether oxygens (including phenoxy) is 1. The predicted molar refractivity (Wildman–Crippen MR) is 91.4 cm³/mol. The van der Waals surface area contributed by atoms with Gasteiger partial charge in [-0.15, -0.1) is 5.11 Å². The smallest absolute Gasteiger partial charge is 0.149 e. The van der Waals surface area contributed by atoms with Crippen molar-refractivity contribution in [1.29, 1.82) is 0 Å². The van der Waals surface area contributed by atoms with E-state index in [2.05, 4.69) is 17.2 Å². The number of benzene rings is 2. The fraction of sp³-hybridized carbons (Fsp3) is 0.368. The van der Waals surface area contributed by atoms with Gasteiger partial charge in [0, 0.05) is 0 Å². The molecule has 0 unspecified atom stereocenters. The average molecular weight is 296 g/mol. The van der Waals surface area contributed by atoms with E-state index < -0.39 is 0 Å². The topological polar surface area (TPSA) is 34.0 Å². The van der Waals surface area contributed by atoms with Crippen molar-refractivity contribution in [2.75, 3.05) is 6.61 Å². The van der Waals surface area contributed by atoms with E-state index in [-0.39, 0.29) is 0 Å². The Kier molecular flexibility index (Phi) is 6.62. The van der Waals surface area contributed by atoms with Crippen LogP contribution in [0.15, 0.2) is 58.8 Å². The fourth-order valence-corrected chi connectivity index (χ4v) is 2.21. The molecule has 3 nitrogen and oxygen atoms in total. The van der Waals surface area contributed by atoms with Crippen LogP contribution in [0.4, 0.5) is 11.4 Å². The molecule has 0 spiro atoms. The Morgan fingerprint density at radius 2 is 1.68 bits per heavy atom. The highest BCUT2D eigenvalue weighted by atomic mass is 16.5. The molecule has 0 radical (unpaired) electrons. The first-order chi connectivity index (χ1) is 10.8. The van der Waals surface area contributed by atoms with Gasteiger partial charge in [0.05, 0.1) is 12.3 Å². The van der Waals surface area contributed by atoms with Crippen molar-refractivity contribution in [3.05, 3.63) is 54.1 Å². The summed E-state index contributed by atoms with van der Waals surface area (Å²) in [6.45, 7) is 4.99. The third-order valence-electron chi connectivity index (χ3n) is 3.46. The molecule has 0 amide bonds. The third-order valence-corrected chi connectivity index (χ3v) is 3.46. The molecule has 0 bridgehead atoms. The molecule has 2 aromatic rings. The van der Waals surface area contributed by atoms with Gasteiger partial charge in [-0.25, -0.2) is 0 Å². The van der Waals surface area contributed by atoms with Gasteiger partial charge in [0.1, 0.15) is 11.4 Å². The Bertz CT molecular complexity index is 594. The second-order valence-electron chi connectivity index (χ2n) is 5.37. The number of nitrogens with zero attached hydrogens (tertiary/aromatic N) is 2. The van der Waals surface area contributed by atoms with Crippen molar-refractivity contribution in [1.82, 2.24) is 0 Å². The summed E-state index contributed by atoms with van der Waals surface area (Å²) in [4.78, 5) is 0. The minimum atomic E-state index is 0.735. The Morgan fingerprint density at radius 1 is 0.864 bits per heavy atom. The minimum absolute atomic E-state index is 0.735. The minimum Gasteiger partial charge on any atom is -0.491 e. The lowest BCUT2D eigenvalue weighted by atomic mass is 10.2. The van der Waals surface area contributed by atoms with Gasteiger partial charge in [-0.1, -0.05) is 56.5 Å². The van der Waals surface area contributed by atoms with Crippen molar-refractivity contribution < 1.29 is 4.74 Å². The van der Waals surface area contributed by atoms with Crippen molar-refractivity contribution in [3.63, 3.8) is 0 Å². The van der Waals surface area contributed by atoms with Gasteiger partial charge in [0.15, 0.2) is 0 Å². The molecule has 0 saturated heterocycles. The number of aryl methyl sites for hydroxylation is 1. The van der Waals surface area contributed by atoms with E-state index in [1.165, 1.54) is 19.3 Å². The van der Waals surface area contributed by atoms with Crippen LogP contribution in [0.2, 0.25) is 0 Å². The zero-order valence-electron chi connectivity index (χ0n) is 13.5. The Hall–Kier alpha value is -2.16. The first-order valence-electron chi connectivity index (χ1n) is 8.00. The molecule has 22 heavy (non-hydrogen) atoms. The number of hydrogen-bond acceptors (Lipinski definition) is 3. The van der Waals surface area contributed by atoms with E-state index in [4.69, 9.17) is 4.74 Å². The summed E-state index contributed by atoms with van der Waals surface area (Å²) in [6, 6.07) is 15.7. The molecule has 2 rings (SSSR count). The van der Waals surface area contributed by atoms with Crippen LogP contribution in [0, 0.1) is 6.92 Å². The lowest BCUT2D eigenvalue weighted by molar-refractivity contribution is 0.304. The lowest BCUT2D eigenvalue weighted by Gasteiger charge is -2.11. The maximum atomic E-state index is 5.95. The SMILES string of the molecule is CCCCCCOc1c(C)cccc1N=Nc1ccccc1. The molecular weight excluding hydrogens is 272 g/mol. The van der Waals surface area contributed by atoms with E-state index in [1.54, 1.807) is 0 Å². The highest BCUT2D eigenvalue weighted by Crippen LogP contribution is 2.32. The zero-order chi connectivity index (χ0) is 15.6. The van der Waals surface area contributed by atoms with Gasteiger partial charge in [-0.05, 0) is 37.1 Å². The van der Waals surface area contributed by atoms with Crippen LogP contribution < -0.4 is 4.74 Å². The van der Waals surface area contributed by atoms with Crippen LogP contribution in [-0.4, -0.2) is 6.61 Å². The van der Waals surface area contributed by atoms with Gasteiger partial charge in [-0.2, -0.15) is 5.11 Å². The van der Waals surface area contributed by atoms with Crippen LogP contribution >= 0.6 is 0 Å². The summed E-state index contributed by atoms with van der Waals surface area (Å²) in [5, 5.41) is 8.63. The van der Waals surface area contributed by atoms with Gasteiger partial charge in [0.25, 0.3) is 0 Å². The maximum Gasteiger partial charge on any atom is 0.149 e. The second kappa shape index (κ2) is 8.98. The van der Waals surface area contributed by atoms with Crippen molar-refractivity contribution in [2.24, 2.45) is 10.2 Å². The van der Waals surface area contributed by atoms with Gasteiger partial charge in [-0.3, -0.25) is 0 Å². The number of para-hydroxylation sites is 1. The van der Waals surface area contributed by atoms with E-state index >= 15 is 0 Å². The van der Waals surface area contributed by atoms with Crippen LogP contribution in [0.5, 0.6) is 5.75 Å². The maximum absolute atomic E-state index is 5.95. The van der Waals surface area contributed by atoms with Crippen molar-refractivity contribution in [3.8, 4) is 5.75 Å². The standard InChI is InChI=1S/C19H24N2O/c1-3-4-5-9-15-22-19-16(2)11-10-14-18(19)21-20-17-12-7-6-8-13-17/h6-8,10-14H,3-5,9,15H2,1-2H3. The van der Waals surface area contributed by atoms with E-state index in [9.17, 15) is 0 Å².